The molecular weight excluding hydrogens is 192 g/mol. The lowest BCUT2D eigenvalue weighted by Crippen LogP contribution is -2.23. The lowest BCUT2D eigenvalue weighted by Gasteiger charge is -2.33. The van der Waals surface area contributed by atoms with Crippen molar-refractivity contribution in [2.24, 2.45) is 0 Å². The molecule has 2 heteroatoms. The molecule has 1 nitrogen and oxygen atoms in total. The SMILES string of the molecule is CCC1(C)CCc2cc(O)ccc2S1. The van der Waals surface area contributed by atoms with Gasteiger partial charge in [0.15, 0.2) is 0 Å². The summed E-state index contributed by atoms with van der Waals surface area (Å²) in [5.41, 5.74) is 1.31. The van der Waals surface area contributed by atoms with Crippen molar-refractivity contribution >= 4 is 11.8 Å². The maximum Gasteiger partial charge on any atom is 0.115 e. The van der Waals surface area contributed by atoms with Crippen LogP contribution in [0.1, 0.15) is 32.3 Å². The first-order valence-electron chi connectivity index (χ1n) is 5.14. The molecule has 0 aromatic heterocycles. The van der Waals surface area contributed by atoms with Gasteiger partial charge in [0.25, 0.3) is 0 Å². The van der Waals surface area contributed by atoms with Crippen LogP contribution in [0.2, 0.25) is 0 Å². The number of aryl methyl sites for hydroxylation is 1. The van der Waals surface area contributed by atoms with Crippen LogP contribution in [-0.2, 0) is 6.42 Å². The molecular formula is C12H16OS. The lowest BCUT2D eigenvalue weighted by molar-refractivity contribution is 0.472. The summed E-state index contributed by atoms with van der Waals surface area (Å²) in [4.78, 5) is 1.35. The molecule has 0 amide bonds. The van der Waals surface area contributed by atoms with Crippen LogP contribution in [0.4, 0.5) is 0 Å². The normalized spacial score (nSPS) is 25.9. The van der Waals surface area contributed by atoms with Gasteiger partial charge in [0.2, 0.25) is 0 Å². The van der Waals surface area contributed by atoms with Gasteiger partial charge in [0, 0.05) is 9.64 Å². The van der Waals surface area contributed by atoms with E-state index in [-0.39, 0.29) is 0 Å². The van der Waals surface area contributed by atoms with E-state index in [0.717, 1.165) is 6.42 Å². The Labute approximate surface area is 89.5 Å². The highest BCUT2D eigenvalue weighted by Crippen LogP contribution is 2.45. The van der Waals surface area contributed by atoms with Crippen LogP contribution < -0.4 is 0 Å². The van der Waals surface area contributed by atoms with E-state index in [1.54, 1.807) is 6.07 Å². The number of fused-ring (bicyclic) bond motifs is 1. The maximum atomic E-state index is 9.37. The zero-order chi connectivity index (χ0) is 10.2. The molecule has 1 N–H and O–H groups in total. The number of aromatic hydroxyl groups is 1. The Morgan fingerprint density at radius 3 is 3.00 bits per heavy atom. The minimum Gasteiger partial charge on any atom is -0.508 e. The van der Waals surface area contributed by atoms with E-state index >= 15 is 0 Å². The third kappa shape index (κ3) is 1.76. The Morgan fingerprint density at radius 1 is 1.50 bits per heavy atom. The van der Waals surface area contributed by atoms with Crippen LogP contribution in [0, 0.1) is 0 Å². The summed E-state index contributed by atoms with van der Waals surface area (Å²) in [5, 5.41) is 9.37. The first-order valence-corrected chi connectivity index (χ1v) is 5.95. The van der Waals surface area contributed by atoms with Crippen LogP contribution in [-0.4, -0.2) is 9.85 Å². The van der Waals surface area contributed by atoms with Gasteiger partial charge in [-0.15, -0.1) is 11.8 Å². The summed E-state index contributed by atoms with van der Waals surface area (Å²) in [6, 6.07) is 5.73. The summed E-state index contributed by atoms with van der Waals surface area (Å²) in [7, 11) is 0. The zero-order valence-electron chi connectivity index (χ0n) is 8.71. The Kier molecular flexibility index (Phi) is 2.48. The van der Waals surface area contributed by atoms with Crippen molar-refractivity contribution in [2.75, 3.05) is 0 Å². The average molecular weight is 208 g/mol. The first kappa shape index (κ1) is 9.91. The number of phenols is 1. The predicted molar refractivity (Wildman–Crippen MR) is 61.0 cm³/mol. The zero-order valence-corrected chi connectivity index (χ0v) is 9.53. The number of rotatable bonds is 1. The van der Waals surface area contributed by atoms with Crippen LogP contribution >= 0.6 is 11.8 Å². The van der Waals surface area contributed by atoms with Gasteiger partial charge in [0.1, 0.15) is 5.75 Å². The van der Waals surface area contributed by atoms with Gasteiger partial charge in [-0.25, -0.2) is 0 Å². The first-order chi connectivity index (χ1) is 6.63. The summed E-state index contributed by atoms with van der Waals surface area (Å²) in [5.74, 6) is 0.393. The molecule has 0 saturated heterocycles. The Hall–Kier alpha value is -0.630. The maximum absolute atomic E-state index is 9.37. The van der Waals surface area contributed by atoms with Crippen molar-refractivity contribution in [1.29, 1.82) is 0 Å². The van der Waals surface area contributed by atoms with Crippen LogP contribution in [0.3, 0.4) is 0 Å². The average Bonchev–Trinajstić information content (AvgIpc) is 2.19. The predicted octanol–water partition coefficient (Wildman–Crippen LogP) is 3.60. The highest BCUT2D eigenvalue weighted by molar-refractivity contribution is 8.00. The van der Waals surface area contributed by atoms with Crippen molar-refractivity contribution in [1.82, 2.24) is 0 Å². The minimum atomic E-state index is 0.393. The van der Waals surface area contributed by atoms with Crippen molar-refractivity contribution in [3.63, 3.8) is 0 Å². The molecule has 0 aliphatic carbocycles. The smallest absolute Gasteiger partial charge is 0.115 e. The number of hydrogen-bond donors (Lipinski definition) is 1. The topological polar surface area (TPSA) is 20.2 Å². The molecule has 1 aliphatic heterocycles. The number of phenolic OH excluding ortho intramolecular Hbond substituents is 1. The van der Waals surface area contributed by atoms with Gasteiger partial charge in [-0.05, 0) is 43.0 Å². The Bertz CT molecular complexity index is 348. The third-order valence-corrected chi connectivity index (χ3v) is 4.68. The van der Waals surface area contributed by atoms with E-state index in [1.807, 2.05) is 23.9 Å². The quantitative estimate of drug-likeness (QED) is 0.761. The molecule has 1 aromatic rings. The van der Waals surface area contributed by atoms with E-state index in [2.05, 4.69) is 13.8 Å². The molecule has 0 saturated carbocycles. The summed E-state index contributed by atoms with van der Waals surface area (Å²) in [6.45, 7) is 4.58. The van der Waals surface area contributed by atoms with Gasteiger partial charge in [-0.2, -0.15) is 0 Å². The van der Waals surface area contributed by atoms with Crippen molar-refractivity contribution in [3.8, 4) is 5.75 Å². The fourth-order valence-electron chi connectivity index (χ4n) is 1.83. The van der Waals surface area contributed by atoms with Crippen molar-refractivity contribution in [2.45, 2.75) is 42.8 Å². The molecule has 1 atom stereocenters. The Morgan fingerprint density at radius 2 is 2.29 bits per heavy atom. The monoisotopic (exact) mass is 208 g/mol. The molecule has 1 heterocycles. The molecule has 1 aromatic carbocycles. The Balaban J connectivity index is 2.31. The molecule has 0 bridgehead atoms. The van der Waals surface area contributed by atoms with Gasteiger partial charge in [-0.1, -0.05) is 13.8 Å². The van der Waals surface area contributed by atoms with Crippen molar-refractivity contribution in [3.05, 3.63) is 23.8 Å². The van der Waals surface area contributed by atoms with Gasteiger partial charge < -0.3 is 5.11 Å². The standard InChI is InChI=1S/C12H16OS/c1-3-12(2)7-6-9-8-10(13)4-5-11(9)14-12/h4-5,8,13H,3,6-7H2,1-2H3. The second kappa shape index (κ2) is 3.50. The van der Waals surface area contributed by atoms with E-state index in [4.69, 9.17) is 0 Å². The molecule has 1 unspecified atom stereocenters. The molecule has 0 spiro atoms. The molecule has 76 valence electrons. The van der Waals surface area contributed by atoms with Gasteiger partial charge in [0.05, 0.1) is 0 Å². The van der Waals surface area contributed by atoms with E-state index < -0.39 is 0 Å². The third-order valence-electron chi connectivity index (χ3n) is 3.07. The number of hydrogen-bond acceptors (Lipinski definition) is 2. The fraction of sp³-hybridized carbons (Fsp3) is 0.500. The molecule has 2 rings (SSSR count). The summed E-state index contributed by atoms with van der Waals surface area (Å²) >= 11 is 1.96. The van der Waals surface area contributed by atoms with Gasteiger partial charge in [-0.3, -0.25) is 0 Å². The van der Waals surface area contributed by atoms with Crippen molar-refractivity contribution < 1.29 is 5.11 Å². The fourth-order valence-corrected chi connectivity index (χ4v) is 3.13. The molecule has 14 heavy (non-hydrogen) atoms. The minimum absolute atomic E-state index is 0.393. The largest absolute Gasteiger partial charge is 0.508 e. The highest BCUT2D eigenvalue weighted by Gasteiger charge is 2.28. The molecule has 1 aliphatic rings. The van der Waals surface area contributed by atoms with E-state index in [9.17, 15) is 5.11 Å². The lowest BCUT2D eigenvalue weighted by atomic mass is 9.97. The number of benzene rings is 1. The summed E-state index contributed by atoms with van der Waals surface area (Å²) < 4.78 is 0.393. The molecule has 0 fully saturated rings. The van der Waals surface area contributed by atoms with Crippen LogP contribution in [0.25, 0.3) is 0 Å². The van der Waals surface area contributed by atoms with E-state index in [1.165, 1.54) is 23.3 Å². The number of thioether (sulfide) groups is 1. The van der Waals surface area contributed by atoms with Crippen LogP contribution in [0.15, 0.2) is 23.1 Å². The molecule has 0 radical (unpaired) electrons. The highest BCUT2D eigenvalue weighted by atomic mass is 32.2. The second-order valence-electron chi connectivity index (χ2n) is 4.20. The second-order valence-corrected chi connectivity index (χ2v) is 5.83. The summed E-state index contributed by atoms with van der Waals surface area (Å²) in [6.07, 6.45) is 3.52. The van der Waals surface area contributed by atoms with Gasteiger partial charge >= 0.3 is 0 Å². The van der Waals surface area contributed by atoms with Crippen LogP contribution in [0.5, 0.6) is 5.75 Å². The van der Waals surface area contributed by atoms with E-state index in [0.29, 0.717) is 10.5 Å².